The first kappa shape index (κ1) is 16.4. The molecule has 0 aromatic carbocycles. The molecule has 1 atom stereocenters. The SMILES string of the molecule is CC(C)c1noc(CN2CCC(C(C)N)CC2)n1.Cl. The number of aromatic nitrogens is 2. The maximum absolute atomic E-state index is 5.94. The van der Waals surface area contributed by atoms with E-state index < -0.39 is 0 Å². The molecule has 6 heteroatoms. The summed E-state index contributed by atoms with van der Waals surface area (Å²) < 4.78 is 5.28. The fourth-order valence-corrected chi connectivity index (χ4v) is 2.39. The molecule has 0 bridgehead atoms. The first-order valence-electron chi connectivity index (χ1n) is 6.86. The minimum Gasteiger partial charge on any atom is -0.338 e. The highest BCUT2D eigenvalue weighted by atomic mass is 35.5. The Morgan fingerprint density at radius 3 is 2.42 bits per heavy atom. The van der Waals surface area contributed by atoms with Crippen LogP contribution in [0.3, 0.4) is 0 Å². The van der Waals surface area contributed by atoms with E-state index in [1.807, 2.05) is 0 Å². The van der Waals surface area contributed by atoms with Crippen molar-refractivity contribution < 1.29 is 4.52 Å². The molecule has 0 amide bonds. The Morgan fingerprint density at radius 1 is 1.32 bits per heavy atom. The van der Waals surface area contributed by atoms with Crippen LogP contribution in [-0.4, -0.2) is 34.2 Å². The van der Waals surface area contributed by atoms with Gasteiger partial charge in [0.25, 0.3) is 0 Å². The van der Waals surface area contributed by atoms with E-state index in [9.17, 15) is 0 Å². The van der Waals surface area contributed by atoms with Crippen LogP contribution in [-0.2, 0) is 6.54 Å². The Bertz CT molecular complexity index is 372. The summed E-state index contributed by atoms with van der Waals surface area (Å²) >= 11 is 0. The molecule has 1 aliphatic heterocycles. The van der Waals surface area contributed by atoms with Crippen molar-refractivity contribution in [2.75, 3.05) is 13.1 Å². The second-order valence-electron chi connectivity index (χ2n) is 5.67. The topological polar surface area (TPSA) is 68.2 Å². The third-order valence-corrected chi connectivity index (χ3v) is 3.73. The molecule has 2 rings (SSSR count). The third-order valence-electron chi connectivity index (χ3n) is 3.73. The van der Waals surface area contributed by atoms with E-state index in [1.165, 1.54) is 12.8 Å². The van der Waals surface area contributed by atoms with Crippen molar-refractivity contribution in [2.24, 2.45) is 11.7 Å². The van der Waals surface area contributed by atoms with E-state index in [0.29, 0.717) is 17.9 Å². The van der Waals surface area contributed by atoms with E-state index in [-0.39, 0.29) is 12.4 Å². The van der Waals surface area contributed by atoms with Gasteiger partial charge in [0.1, 0.15) is 0 Å². The van der Waals surface area contributed by atoms with E-state index in [1.54, 1.807) is 0 Å². The van der Waals surface area contributed by atoms with Gasteiger partial charge in [0.2, 0.25) is 5.89 Å². The minimum atomic E-state index is 0. The van der Waals surface area contributed by atoms with Crippen LogP contribution in [0, 0.1) is 5.92 Å². The first-order chi connectivity index (χ1) is 8.56. The Kier molecular flexibility index (Phi) is 6.23. The lowest BCUT2D eigenvalue weighted by Gasteiger charge is -2.32. The van der Waals surface area contributed by atoms with Gasteiger partial charge in [-0.1, -0.05) is 19.0 Å². The van der Waals surface area contributed by atoms with Crippen LogP contribution in [0.1, 0.15) is 51.2 Å². The number of nitrogens with two attached hydrogens (primary N) is 1. The van der Waals surface area contributed by atoms with E-state index in [4.69, 9.17) is 10.3 Å². The molecule has 0 radical (unpaired) electrons. The van der Waals surface area contributed by atoms with Gasteiger partial charge in [-0.2, -0.15) is 4.98 Å². The Labute approximate surface area is 121 Å². The zero-order valence-electron chi connectivity index (χ0n) is 12.0. The quantitative estimate of drug-likeness (QED) is 0.920. The van der Waals surface area contributed by atoms with Crippen LogP contribution in [0.2, 0.25) is 0 Å². The molecule has 2 N–H and O–H groups in total. The number of halogens is 1. The molecular formula is C13H25ClN4O. The maximum atomic E-state index is 5.94. The summed E-state index contributed by atoms with van der Waals surface area (Å²) in [6, 6.07) is 0.308. The standard InChI is InChI=1S/C13H24N4O.ClH/c1-9(2)13-15-12(18-16-13)8-17-6-4-11(5-7-17)10(3)14;/h9-11H,4-8,14H2,1-3H3;1H. The lowest BCUT2D eigenvalue weighted by molar-refractivity contribution is 0.149. The molecule has 5 nitrogen and oxygen atoms in total. The molecule has 0 saturated carbocycles. The molecule has 110 valence electrons. The van der Waals surface area contributed by atoms with Gasteiger partial charge in [-0.25, -0.2) is 0 Å². The fourth-order valence-electron chi connectivity index (χ4n) is 2.39. The summed E-state index contributed by atoms with van der Waals surface area (Å²) in [5.74, 6) is 2.52. The Hall–Kier alpha value is -0.650. The Balaban J connectivity index is 0.00000180. The average Bonchev–Trinajstić information content (AvgIpc) is 2.78. The van der Waals surface area contributed by atoms with E-state index in [0.717, 1.165) is 31.3 Å². The molecule has 1 aromatic heterocycles. The van der Waals surface area contributed by atoms with Crippen molar-refractivity contribution in [2.45, 2.75) is 52.1 Å². The van der Waals surface area contributed by atoms with Crippen molar-refractivity contribution in [3.63, 3.8) is 0 Å². The third kappa shape index (κ3) is 4.44. The lowest BCUT2D eigenvalue weighted by atomic mass is 9.91. The van der Waals surface area contributed by atoms with Crippen molar-refractivity contribution >= 4 is 12.4 Å². The van der Waals surface area contributed by atoms with Crippen molar-refractivity contribution in [1.82, 2.24) is 15.0 Å². The van der Waals surface area contributed by atoms with E-state index in [2.05, 4.69) is 35.8 Å². The fraction of sp³-hybridized carbons (Fsp3) is 0.846. The number of rotatable bonds is 4. The highest BCUT2D eigenvalue weighted by Crippen LogP contribution is 2.21. The normalized spacial score (nSPS) is 19.4. The molecule has 2 heterocycles. The van der Waals surface area contributed by atoms with Gasteiger partial charge in [0.05, 0.1) is 6.54 Å². The minimum absolute atomic E-state index is 0. The molecular weight excluding hydrogens is 264 g/mol. The largest absolute Gasteiger partial charge is 0.338 e. The van der Waals surface area contributed by atoms with Gasteiger partial charge in [-0.3, -0.25) is 4.90 Å². The number of nitrogens with zero attached hydrogens (tertiary/aromatic N) is 3. The summed E-state index contributed by atoms with van der Waals surface area (Å²) in [6.45, 7) is 9.17. The first-order valence-corrected chi connectivity index (χ1v) is 6.86. The van der Waals surface area contributed by atoms with Crippen LogP contribution in [0.4, 0.5) is 0 Å². The van der Waals surface area contributed by atoms with Gasteiger partial charge in [0.15, 0.2) is 5.82 Å². The van der Waals surface area contributed by atoms with Gasteiger partial charge < -0.3 is 10.3 Å². The predicted octanol–water partition coefficient (Wildman–Crippen LogP) is 2.17. The second kappa shape index (κ2) is 7.22. The van der Waals surface area contributed by atoms with Crippen LogP contribution < -0.4 is 5.73 Å². The van der Waals surface area contributed by atoms with Crippen LogP contribution in [0.25, 0.3) is 0 Å². The van der Waals surface area contributed by atoms with Crippen LogP contribution in [0.15, 0.2) is 4.52 Å². The van der Waals surface area contributed by atoms with Crippen LogP contribution >= 0.6 is 12.4 Å². The summed E-state index contributed by atoms with van der Waals surface area (Å²) in [6.07, 6.45) is 2.34. The molecule has 0 spiro atoms. The van der Waals surface area contributed by atoms with Crippen molar-refractivity contribution in [3.05, 3.63) is 11.7 Å². The zero-order valence-corrected chi connectivity index (χ0v) is 12.8. The maximum Gasteiger partial charge on any atom is 0.240 e. The summed E-state index contributed by atoms with van der Waals surface area (Å²) in [5, 5.41) is 3.99. The molecule has 19 heavy (non-hydrogen) atoms. The van der Waals surface area contributed by atoms with Crippen molar-refractivity contribution in [3.8, 4) is 0 Å². The number of hydrogen-bond acceptors (Lipinski definition) is 5. The summed E-state index contributed by atoms with van der Waals surface area (Å²) in [7, 11) is 0. The summed E-state index contributed by atoms with van der Waals surface area (Å²) in [4.78, 5) is 6.79. The molecule has 1 aromatic rings. The number of hydrogen-bond donors (Lipinski definition) is 1. The Morgan fingerprint density at radius 2 is 1.95 bits per heavy atom. The van der Waals surface area contributed by atoms with Crippen LogP contribution in [0.5, 0.6) is 0 Å². The lowest BCUT2D eigenvalue weighted by Crippen LogP contribution is -2.39. The zero-order chi connectivity index (χ0) is 13.1. The molecule has 0 aliphatic carbocycles. The monoisotopic (exact) mass is 288 g/mol. The molecule has 1 saturated heterocycles. The number of piperidine rings is 1. The second-order valence-corrected chi connectivity index (χ2v) is 5.67. The highest BCUT2D eigenvalue weighted by Gasteiger charge is 2.23. The van der Waals surface area contributed by atoms with Gasteiger partial charge in [-0.05, 0) is 38.8 Å². The predicted molar refractivity (Wildman–Crippen MR) is 77.3 cm³/mol. The van der Waals surface area contributed by atoms with E-state index >= 15 is 0 Å². The van der Waals surface area contributed by atoms with Crippen molar-refractivity contribution in [1.29, 1.82) is 0 Å². The molecule has 1 aliphatic rings. The van der Waals surface area contributed by atoms with Gasteiger partial charge >= 0.3 is 0 Å². The smallest absolute Gasteiger partial charge is 0.240 e. The number of likely N-dealkylation sites (tertiary alicyclic amines) is 1. The highest BCUT2D eigenvalue weighted by molar-refractivity contribution is 5.85. The average molecular weight is 289 g/mol. The summed E-state index contributed by atoms with van der Waals surface area (Å²) in [5.41, 5.74) is 5.94. The molecule has 1 unspecified atom stereocenters. The van der Waals surface area contributed by atoms with Gasteiger partial charge in [-0.15, -0.1) is 12.4 Å². The van der Waals surface area contributed by atoms with Gasteiger partial charge in [0, 0.05) is 12.0 Å². The molecule has 1 fully saturated rings.